The van der Waals surface area contributed by atoms with Gasteiger partial charge in [-0.15, -0.1) is 0 Å². The highest BCUT2D eigenvalue weighted by Gasteiger charge is 2.39. The van der Waals surface area contributed by atoms with Crippen molar-refractivity contribution < 1.29 is 17.9 Å². The summed E-state index contributed by atoms with van der Waals surface area (Å²) in [4.78, 5) is 0. The Bertz CT molecular complexity index is 367. The first kappa shape index (κ1) is 9.32. The van der Waals surface area contributed by atoms with Gasteiger partial charge in [0.15, 0.2) is 6.20 Å². The molecule has 0 spiro atoms. The van der Waals surface area contributed by atoms with Gasteiger partial charge in [-0.1, -0.05) is 0 Å². The summed E-state index contributed by atoms with van der Waals surface area (Å²) in [7, 11) is 0. The van der Waals surface area contributed by atoms with Gasteiger partial charge in [0.25, 0.3) is 5.69 Å². The predicted molar refractivity (Wildman–Crippen MR) is 35.1 cm³/mol. The highest BCUT2D eigenvalue weighted by Crippen LogP contribution is 2.26. The molecular formula is C7H3F3N2O. The molecule has 0 fully saturated rings. The Labute approximate surface area is 71.2 Å². The minimum absolute atomic E-state index is 0.108. The van der Waals surface area contributed by atoms with Crippen LogP contribution in [0.25, 0.3) is 0 Å². The number of pyridine rings is 1. The van der Waals surface area contributed by atoms with Gasteiger partial charge in [-0.3, -0.25) is 0 Å². The molecule has 1 aromatic heterocycles. The molecule has 68 valence electrons. The summed E-state index contributed by atoms with van der Waals surface area (Å²) in [6.45, 7) is 0. The maximum atomic E-state index is 12.0. The normalized spacial score (nSPS) is 10.9. The number of halogens is 3. The van der Waals surface area contributed by atoms with Gasteiger partial charge in [-0.25, -0.2) is 0 Å². The minimum atomic E-state index is -4.68. The van der Waals surface area contributed by atoms with E-state index in [0.29, 0.717) is 12.3 Å². The monoisotopic (exact) mass is 188 g/mol. The Morgan fingerprint density at radius 2 is 2.00 bits per heavy atom. The number of hydrogen-bond donors (Lipinski definition) is 0. The number of aromatic nitrogens is 1. The molecule has 0 unspecified atom stereocenters. The molecule has 0 aliphatic carbocycles. The fraction of sp³-hybridized carbons (Fsp3) is 0.143. The van der Waals surface area contributed by atoms with Crippen LogP contribution in [0.2, 0.25) is 0 Å². The van der Waals surface area contributed by atoms with Gasteiger partial charge >= 0.3 is 6.18 Å². The predicted octanol–water partition coefficient (Wildman–Crippen LogP) is 1.21. The van der Waals surface area contributed by atoms with E-state index in [1.54, 1.807) is 6.07 Å². The summed E-state index contributed by atoms with van der Waals surface area (Å²) in [5.74, 6) is 0. The maximum Gasteiger partial charge on any atom is 0.478 e. The van der Waals surface area contributed by atoms with Crippen molar-refractivity contribution in [3.63, 3.8) is 0 Å². The third-order valence-corrected chi connectivity index (χ3v) is 1.33. The Kier molecular flexibility index (Phi) is 2.10. The van der Waals surface area contributed by atoms with Crippen LogP contribution < -0.4 is 4.73 Å². The molecule has 0 aliphatic heterocycles. The molecule has 6 heteroatoms. The first-order valence-corrected chi connectivity index (χ1v) is 3.15. The number of hydrogen-bond acceptors (Lipinski definition) is 2. The molecule has 1 rings (SSSR count). The summed E-state index contributed by atoms with van der Waals surface area (Å²) in [6, 6.07) is 3.07. The molecule has 0 aliphatic rings. The van der Waals surface area contributed by atoms with Crippen LogP contribution in [0, 0.1) is 16.5 Å². The second kappa shape index (κ2) is 2.94. The van der Waals surface area contributed by atoms with Crippen molar-refractivity contribution in [2.75, 3.05) is 0 Å². The molecule has 0 bridgehead atoms. The van der Waals surface area contributed by atoms with Gasteiger partial charge in [-0.2, -0.15) is 23.2 Å². The number of rotatable bonds is 0. The zero-order chi connectivity index (χ0) is 10.1. The Morgan fingerprint density at radius 1 is 1.38 bits per heavy atom. The standard InChI is InChI=1S/C7H3F3N2O/c8-7(9,10)6-2-1-5(3-11)4-12(6)13/h1-2,4H. The van der Waals surface area contributed by atoms with E-state index in [1.165, 1.54) is 0 Å². The lowest BCUT2D eigenvalue weighted by molar-refractivity contribution is -0.629. The zero-order valence-corrected chi connectivity index (χ0v) is 6.17. The first-order valence-electron chi connectivity index (χ1n) is 3.15. The average molecular weight is 188 g/mol. The fourth-order valence-electron chi connectivity index (χ4n) is 0.767. The van der Waals surface area contributed by atoms with E-state index < -0.39 is 11.9 Å². The molecule has 0 N–H and O–H groups in total. The largest absolute Gasteiger partial charge is 0.618 e. The van der Waals surface area contributed by atoms with E-state index in [1.807, 2.05) is 0 Å². The van der Waals surface area contributed by atoms with Crippen LogP contribution in [0.4, 0.5) is 13.2 Å². The molecular weight excluding hydrogens is 185 g/mol. The first-order chi connectivity index (χ1) is 5.95. The Balaban J connectivity index is 3.23. The van der Waals surface area contributed by atoms with Gasteiger partial charge < -0.3 is 5.21 Å². The van der Waals surface area contributed by atoms with Gasteiger partial charge in [0.1, 0.15) is 11.6 Å². The van der Waals surface area contributed by atoms with Crippen molar-refractivity contribution in [3.8, 4) is 6.07 Å². The van der Waals surface area contributed by atoms with Crippen molar-refractivity contribution >= 4 is 0 Å². The van der Waals surface area contributed by atoms with Crippen LogP contribution >= 0.6 is 0 Å². The van der Waals surface area contributed by atoms with E-state index in [0.717, 1.165) is 6.07 Å². The number of alkyl halides is 3. The van der Waals surface area contributed by atoms with Crippen LogP contribution in [-0.4, -0.2) is 0 Å². The molecule has 0 saturated heterocycles. The maximum absolute atomic E-state index is 12.0. The van der Waals surface area contributed by atoms with Gasteiger partial charge in [-0.05, 0) is 6.07 Å². The molecule has 0 amide bonds. The zero-order valence-electron chi connectivity index (χ0n) is 6.17. The SMILES string of the molecule is N#Cc1ccc(C(F)(F)F)[n+]([O-])c1. The van der Waals surface area contributed by atoms with Gasteiger partial charge in [0, 0.05) is 6.07 Å². The molecule has 1 aromatic rings. The lowest BCUT2D eigenvalue weighted by Crippen LogP contribution is -2.36. The van der Waals surface area contributed by atoms with Crippen molar-refractivity contribution in [1.29, 1.82) is 5.26 Å². The van der Waals surface area contributed by atoms with Crippen molar-refractivity contribution in [3.05, 3.63) is 34.8 Å². The smallest absolute Gasteiger partial charge is 0.478 e. The highest BCUT2D eigenvalue weighted by molar-refractivity contribution is 5.24. The second-order valence-electron chi connectivity index (χ2n) is 2.24. The minimum Gasteiger partial charge on any atom is -0.618 e. The van der Waals surface area contributed by atoms with Gasteiger partial charge in [0.2, 0.25) is 0 Å². The van der Waals surface area contributed by atoms with E-state index in [4.69, 9.17) is 5.26 Å². The molecule has 0 radical (unpaired) electrons. The number of nitrogens with zero attached hydrogens (tertiary/aromatic N) is 2. The van der Waals surface area contributed by atoms with Crippen molar-refractivity contribution in [2.45, 2.75) is 6.18 Å². The lowest BCUT2D eigenvalue weighted by atomic mass is 10.2. The Hall–Kier alpha value is -1.77. The lowest BCUT2D eigenvalue weighted by Gasteiger charge is -2.06. The Morgan fingerprint density at radius 3 is 2.38 bits per heavy atom. The average Bonchev–Trinajstić information content (AvgIpc) is 2.01. The molecule has 0 atom stereocenters. The molecule has 3 nitrogen and oxygen atoms in total. The topological polar surface area (TPSA) is 50.7 Å². The summed E-state index contributed by atoms with van der Waals surface area (Å²) in [6.07, 6.45) is -4.10. The quantitative estimate of drug-likeness (QED) is 0.453. The van der Waals surface area contributed by atoms with Crippen LogP contribution in [0.5, 0.6) is 0 Å². The van der Waals surface area contributed by atoms with E-state index in [2.05, 4.69) is 0 Å². The fourth-order valence-corrected chi connectivity index (χ4v) is 0.767. The van der Waals surface area contributed by atoms with Crippen molar-refractivity contribution in [2.24, 2.45) is 0 Å². The van der Waals surface area contributed by atoms with Crippen LogP contribution in [0.15, 0.2) is 18.3 Å². The van der Waals surface area contributed by atoms with Crippen LogP contribution in [-0.2, 0) is 6.18 Å². The highest BCUT2D eigenvalue weighted by atomic mass is 19.4. The molecule has 1 heterocycles. The summed E-state index contributed by atoms with van der Waals surface area (Å²) in [5, 5.41) is 19.0. The van der Waals surface area contributed by atoms with E-state index in [9.17, 15) is 18.4 Å². The molecule has 0 aromatic carbocycles. The molecule has 0 saturated carbocycles. The summed E-state index contributed by atoms with van der Waals surface area (Å²) >= 11 is 0. The summed E-state index contributed by atoms with van der Waals surface area (Å²) in [5.41, 5.74) is -1.44. The van der Waals surface area contributed by atoms with Crippen LogP contribution in [0.1, 0.15) is 11.3 Å². The van der Waals surface area contributed by atoms with E-state index in [-0.39, 0.29) is 10.3 Å². The van der Waals surface area contributed by atoms with E-state index >= 15 is 0 Å². The third-order valence-electron chi connectivity index (χ3n) is 1.33. The second-order valence-corrected chi connectivity index (χ2v) is 2.24. The van der Waals surface area contributed by atoms with Crippen LogP contribution in [0.3, 0.4) is 0 Å². The number of nitriles is 1. The van der Waals surface area contributed by atoms with Gasteiger partial charge in [0.05, 0.1) is 0 Å². The molecule has 13 heavy (non-hydrogen) atoms. The summed E-state index contributed by atoms with van der Waals surface area (Å²) < 4.78 is 35.6. The van der Waals surface area contributed by atoms with Crippen molar-refractivity contribution in [1.82, 2.24) is 0 Å². The third kappa shape index (κ3) is 1.87.